The lowest BCUT2D eigenvalue weighted by Gasteiger charge is -2.35. The van der Waals surface area contributed by atoms with Crippen molar-refractivity contribution in [3.63, 3.8) is 0 Å². The number of hydrogen-bond acceptors (Lipinski definition) is 6. The number of rotatable bonds is 7. The highest BCUT2D eigenvalue weighted by Crippen LogP contribution is 2.26. The summed E-state index contributed by atoms with van der Waals surface area (Å²) in [6, 6.07) is 16.7. The first kappa shape index (κ1) is 23.0. The highest BCUT2D eigenvalue weighted by molar-refractivity contribution is 6.30. The summed E-state index contributed by atoms with van der Waals surface area (Å²) in [7, 11) is 0. The van der Waals surface area contributed by atoms with Gasteiger partial charge in [0.2, 0.25) is 5.91 Å². The Morgan fingerprint density at radius 1 is 0.914 bits per heavy atom. The zero-order valence-electron chi connectivity index (χ0n) is 19.2. The van der Waals surface area contributed by atoms with E-state index in [9.17, 15) is 9.59 Å². The number of piperazine rings is 1. The maximum absolute atomic E-state index is 12.7. The molecule has 2 aromatic carbocycles. The molecule has 1 fully saturated rings. The predicted molar refractivity (Wildman–Crippen MR) is 135 cm³/mol. The topological polar surface area (TPSA) is 84.2 Å². The molecule has 0 spiro atoms. The van der Waals surface area contributed by atoms with Crippen molar-refractivity contribution in [2.24, 2.45) is 0 Å². The zero-order chi connectivity index (χ0) is 24.2. The average molecular weight is 489 g/mol. The molecule has 1 saturated heterocycles. The van der Waals surface area contributed by atoms with Gasteiger partial charge < -0.3 is 9.80 Å². The average Bonchev–Trinajstić information content (AvgIpc) is 3.34. The maximum Gasteiger partial charge on any atom is 0.222 e. The van der Waals surface area contributed by atoms with E-state index in [4.69, 9.17) is 11.6 Å². The summed E-state index contributed by atoms with van der Waals surface area (Å²) in [6.07, 6.45) is 4.63. The van der Waals surface area contributed by atoms with E-state index >= 15 is 0 Å². The largest absolute Gasteiger partial charge is 0.352 e. The molecule has 0 atom stereocenters. The van der Waals surface area contributed by atoms with Crippen LogP contribution in [0.15, 0.2) is 67.1 Å². The van der Waals surface area contributed by atoms with Crippen LogP contribution < -0.4 is 4.90 Å². The van der Waals surface area contributed by atoms with Gasteiger partial charge in [0.05, 0.1) is 17.3 Å². The molecule has 0 N–H and O–H groups in total. The molecule has 3 heterocycles. The van der Waals surface area contributed by atoms with Crippen molar-refractivity contribution in [3.05, 3.63) is 77.7 Å². The number of anilines is 1. The standard InChI is InChI=1S/C26H25ClN6O2/c27-20-8-4-9-21(16-20)33-26-22(17-30-33)25(28-18-29-26)32-14-12-31(13-15-32)24(35)11-5-10-23(34)19-6-2-1-3-7-19/h1-4,6-9,16-18H,5,10-15H2. The zero-order valence-corrected chi connectivity index (χ0v) is 19.9. The third kappa shape index (κ3) is 5.02. The molecule has 1 amide bonds. The van der Waals surface area contributed by atoms with E-state index in [0.717, 1.165) is 16.9 Å². The van der Waals surface area contributed by atoms with Gasteiger partial charge in [-0.05, 0) is 24.6 Å². The lowest BCUT2D eigenvalue weighted by molar-refractivity contribution is -0.131. The van der Waals surface area contributed by atoms with Crippen molar-refractivity contribution in [2.75, 3.05) is 31.1 Å². The lowest BCUT2D eigenvalue weighted by atomic mass is 10.1. The number of carbonyl (C=O) groups excluding carboxylic acids is 2. The number of fused-ring (bicyclic) bond motifs is 1. The first-order valence-corrected chi connectivity index (χ1v) is 12.0. The third-order valence-electron chi connectivity index (χ3n) is 6.22. The van der Waals surface area contributed by atoms with Crippen LogP contribution in [0.1, 0.15) is 29.6 Å². The van der Waals surface area contributed by atoms with Gasteiger partial charge in [-0.15, -0.1) is 0 Å². The van der Waals surface area contributed by atoms with E-state index in [1.54, 1.807) is 17.2 Å². The highest BCUT2D eigenvalue weighted by atomic mass is 35.5. The van der Waals surface area contributed by atoms with Crippen molar-refractivity contribution in [1.29, 1.82) is 0 Å². The van der Waals surface area contributed by atoms with Gasteiger partial charge in [-0.2, -0.15) is 5.10 Å². The second-order valence-electron chi connectivity index (χ2n) is 8.48. The maximum atomic E-state index is 12.7. The molecule has 9 heteroatoms. The fourth-order valence-corrected chi connectivity index (χ4v) is 4.56. The number of halogens is 1. The Kier molecular flexibility index (Phi) is 6.72. The number of aromatic nitrogens is 4. The van der Waals surface area contributed by atoms with Crippen LogP contribution in [0.25, 0.3) is 16.7 Å². The molecule has 5 rings (SSSR count). The Morgan fingerprint density at radius 3 is 2.49 bits per heavy atom. The molecular weight excluding hydrogens is 464 g/mol. The molecule has 0 bridgehead atoms. The van der Waals surface area contributed by atoms with Gasteiger partial charge in [-0.1, -0.05) is 48.0 Å². The van der Waals surface area contributed by atoms with Crippen LogP contribution in [0.2, 0.25) is 5.02 Å². The molecule has 0 unspecified atom stereocenters. The summed E-state index contributed by atoms with van der Waals surface area (Å²) < 4.78 is 1.75. The van der Waals surface area contributed by atoms with E-state index in [2.05, 4.69) is 20.0 Å². The van der Waals surface area contributed by atoms with E-state index in [-0.39, 0.29) is 11.7 Å². The molecule has 1 aliphatic heterocycles. The van der Waals surface area contributed by atoms with Crippen LogP contribution in [0, 0.1) is 0 Å². The number of benzene rings is 2. The summed E-state index contributed by atoms with van der Waals surface area (Å²) in [5.74, 6) is 0.977. The van der Waals surface area contributed by atoms with Crippen molar-refractivity contribution in [3.8, 4) is 5.69 Å². The van der Waals surface area contributed by atoms with Crippen LogP contribution >= 0.6 is 11.6 Å². The molecule has 8 nitrogen and oxygen atoms in total. The first-order valence-electron chi connectivity index (χ1n) is 11.7. The van der Waals surface area contributed by atoms with Crippen molar-refractivity contribution in [1.82, 2.24) is 24.6 Å². The van der Waals surface area contributed by atoms with Crippen LogP contribution in [0.4, 0.5) is 5.82 Å². The van der Waals surface area contributed by atoms with Crippen LogP contribution in [0.5, 0.6) is 0 Å². The second-order valence-corrected chi connectivity index (χ2v) is 8.92. The normalized spacial score (nSPS) is 13.9. The van der Waals surface area contributed by atoms with Crippen molar-refractivity contribution in [2.45, 2.75) is 19.3 Å². The number of ketones is 1. The first-order chi connectivity index (χ1) is 17.1. The minimum Gasteiger partial charge on any atom is -0.352 e. The van der Waals surface area contributed by atoms with E-state index in [0.29, 0.717) is 61.7 Å². The Hall–Kier alpha value is -3.78. The van der Waals surface area contributed by atoms with Gasteiger partial charge in [0.1, 0.15) is 12.1 Å². The minimum absolute atomic E-state index is 0.0781. The summed E-state index contributed by atoms with van der Waals surface area (Å²) in [6.45, 7) is 2.56. The van der Waals surface area contributed by atoms with Crippen LogP contribution in [0.3, 0.4) is 0 Å². The van der Waals surface area contributed by atoms with Crippen molar-refractivity contribution < 1.29 is 9.59 Å². The highest BCUT2D eigenvalue weighted by Gasteiger charge is 2.24. The van der Waals surface area contributed by atoms with Gasteiger partial charge in [0.25, 0.3) is 0 Å². The number of Topliss-reactive ketones (excluding diaryl/α,β-unsaturated/α-hetero) is 1. The predicted octanol–water partition coefficient (Wildman–Crippen LogP) is 4.17. The molecule has 1 aliphatic rings. The Morgan fingerprint density at radius 2 is 1.71 bits per heavy atom. The molecule has 4 aromatic rings. The fraction of sp³-hybridized carbons (Fsp3) is 0.269. The summed E-state index contributed by atoms with van der Waals surface area (Å²) in [5.41, 5.74) is 2.24. The SMILES string of the molecule is O=C(CCCC(=O)N1CCN(c2ncnc3c2cnn3-c2cccc(Cl)c2)CC1)c1ccccc1. The van der Waals surface area contributed by atoms with E-state index in [1.807, 2.05) is 59.5 Å². The van der Waals surface area contributed by atoms with Gasteiger partial charge in [0, 0.05) is 49.6 Å². The van der Waals surface area contributed by atoms with E-state index in [1.165, 1.54) is 0 Å². The van der Waals surface area contributed by atoms with Gasteiger partial charge in [-0.3, -0.25) is 9.59 Å². The van der Waals surface area contributed by atoms with Gasteiger partial charge in [-0.25, -0.2) is 14.6 Å². The Bertz CT molecular complexity index is 1350. The van der Waals surface area contributed by atoms with Crippen LogP contribution in [-0.2, 0) is 4.79 Å². The second kappa shape index (κ2) is 10.2. The molecular formula is C26H25ClN6O2. The van der Waals surface area contributed by atoms with Gasteiger partial charge >= 0.3 is 0 Å². The molecule has 178 valence electrons. The molecule has 0 saturated carbocycles. The molecule has 0 aliphatic carbocycles. The number of hydrogen-bond donors (Lipinski definition) is 0. The number of amides is 1. The summed E-state index contributed by atoms with van der Waals surface area (Å²) in [4.78, 5) is 38.0. The number of nitrogens with zero attached hydrogens (tertiary/aromatic N) is 6. The Labute approximate surface area is 208 Å². The summed E-state index contributed by atoms with van der Waals surface area (Å²) >= 11 is 6.15. The molecule has 2 aromatic heterocycles. The Balaban J connectivity index is 1.19. The fourth-order valence-electron chi connectivity index (χ4n) is 4.37. The quantitative estimate of drug-likeness (QED) is 0.363. The molecule has 35 heavy (non-hydrogen) atoms. The van der Waals surface area contributed by atoms with Crippen LogP contribution in [-0.4, -0.2) is 62.5 Å². The van der Waals surface area contributed by atoms with Gasteiger partial charge in [0.15, 0.2) is 11.4 Å². The smallest absolute Gasteiger partial charge is 0.222 e. The molecule has 0 radical (unpaired) electrons. The lowest BCUT2D eigenvalue weighted by Crippen LogP contribution is -2.49. The number of carbonyl (C=O) groups is 2. The summed E-state index contributed by atoms with van der Waals surface area (Å²) in [5, 5.41) is 6.00. The monoisotopic (exact) mass is 488 g/mol. The van der Waals surface area contributed by atoms with Crippen molar-refractivity contribution >= 4 is 40.1 Å². The third-order valence-corrected chi connectivity index (χ3v) is 6.45. The minimum atomic E-state index is 0.0781. The van der Waals surface area contributed by atoms with E-state index < -0.39 is 0 Å².